The van der Waals surface area contributed by atoms with Crippen LogP contribution in [0.3, 0.4) is 0 Å². The highest BCUT2D eigenvalue weighted by atomic mass is 32.2. The van der Waals surface area contributed by atoms with Crippen molar-refractivity contribution in [1.29, 1.82) is 0 Å². The Labute approximate surface area is 123 Å². The molecule has 0 spiro atoms. The third-order valence-corrected chi connectivity index (χ3v) is 3.87. The van der Waals surface area contributed by atoms with Gasteiger partial charge in [0.2, 0.25) is 5.91 Å². The van der Waals surface area contributed by atoms with Gasteiger partial charge in [0.25, 0.3) is 10.0 Å². The summed E-state index contributed by atoms with van der Waals surface area (Å²) in [4.78, 5) is 22.5. The second-order valence-corrected chi connectivity index (χ2v) is 5.92. The zero-order valence-electron chi connectivity index (χ0n) is 11.9. The van der Waals surface area contributed by atoms with Crippen molar-refractivity contribution in [3.8, 4) is 0 Å². The molecule has 8 heteroatoms. The van der Waals surface area contributed by atoms with Gasteiger partial charge in [-0.05, 0) is 26.0 Å². The Morgan fingerprint density at radius 3 is 2.38 bits per heavy atom. The van der Waals surface area contributed by atoms with Crippen LogP contribution in [-0.4, -0.2) is 33.6 Å². The smallest absolute Gasteiger partial charge is 0.407 e. The van der Waals surface area contributed by atoms with Gasteiger partial charge in [-0.1, -0.05) is 17.7 Å². The minimum atomic E-state index is -3.88. The van der Waals surface area contributed by atoms with Crippen molar-refractivity contribution in [2.45, 2.75) is 25.2 Å². The lowest BCUT2D eigenvalue weighted by molar-refractivity contribution is -0.119. The lowest BCUT2D eigenvalue weighted by Crippen LogP contribution is -2.34. The van der Waals surface area contributed by atoms with Gasteiger partial charge < -0.3 is 10.1 Å². The van der Waals surface area contributed by atoms with E-state index in [9.17, 15) is 18.0 Å². The van der Waals surface area contributed by atoms with Crippen LogP contribution in [0, 0.1) is 6.92 Å². The second kappa shape index (κ2) is 7.63. The van der Waals surface area contributed by atoms with Gasteiger partial charge in [0.1, 0.15) is 0 Å². The number of amides is 2. The number of benzene rings is 1. The van der Waals surface area contributed by atoms with E-state index in [-0.39, 0.29) is 24.5 Å². The van der Waals surface area contributed by atoms with E-state index in [0.29, 0.717) is 0 Å². The number of aryl methyl sites for hydroxylation is 1. The van der Waals surface area contributed by atoms with Crippen molar-refractivity contribution in [2.75, 3.05) is 13.2 Å². The van der Waals surface area contributed by atoms with E-state index in [0.717, 1.165) is 5.56 Å². The summed E-state index contributed by atoms with van der Waals surface area (Å²) in [6.07, 6.45) is -0.809. The molecule has 0 heterocycles. The van der Waals surface area contributed by atoms with Crippen LogP contribution in [0.5, 0.6) is 0 Å². The van der Waals surface area contributed by atoms with Crippen molar-refractivity contribution in [2.24, 2.45) is 0 Å². The Hall–Kier alpha value is -2.09. The standard InChI is InChI=1S/C13H18N2O5S/c1-3-20-13(17)14-9-8-12(16)15-21(18,19)11-6-4-10(2)5-7-11/h4-7H,3,8-9H2,1-2H3,(H,14,17)(H,15,16). The number of hydrogen-bond acceptors (Lipinski definition) is 5. The summed E-state index contributed by atoms with van der Waals surface area (Å²) in [5, 5.41) is 2.33. The van der Waals surface area contributed by atoms with Gasteiger partial charge in [0, 0.05) is 13.0 Å². The summed E-state index contributed by atoms with van der Waals surface area (Å²) < 4.78 is 30.4. The lowest BCUT2D eigenvalue weighted by atomic mass is 10.2. The molecule has 0 saturated carbocycles. The van der Waals surface area contributed by atoms with Crippen molar-refractivity contribution in [3.05, 3.63) is 29.8 Å². The third-order valence-electron chi connectivity index (χ3n) is 2.48. The van der Waals surface area contributed by atoms with Gasteiger partial charge in [-0.15, -0.1) is 0 Å². The van der Waals surface area contributed by atoms with Crippen molar-refractivity contribution >= 4 is 22.0 Å². The number of rotatable bonds is 6. The number of carbonyl (C=O) groups excluding carboxylic acids is 2. The summed E-state index contributed by atoms with van der Waals surface area (Å²) in [6.45, 7) is 3.70. The number of ether oxygens (including phenoxy) is 1. The maximum absolute atomic E-state index is 11.9. The third kappa shape index (κ3) is 5.82. The fourth-order valence-corrected chi connectivity index (χ4v) is 2.45. The number of alkyl carbamates (subject to hydrolysis) is 1. The molecular formula is C13H18N2O5S. The number of sulfonamides is 1. The average Bonchev–Trinajstić information content (AvgIpc) is 2.38. The second-order valence-electron chi connectivity index (χ2n) is 4.24. The highest BCUT2D eigenvalue weighted by molar-refractivity contribution is 7.90. The zero-order chi connectivity index (χ0) is 15.9. The Morgan fingerprint density at radius 1 is 1.19 bits per heavy atom. The first-order chi connectivity index (χ1) is 9.85. The number of nitrogens with one attached hydrogen (secondary N) is 2. The highest BCUT2D eigenvalue weighted by Crippen LogP contribution is 2.09. The fraction of sp³-hybridized carbons (Fsp3) is 0.385. The van der Waals surface area contributed by atoms with Crippen molar-refractivity contribution in [3.63, 3.8) is 0 Å². The molecule has 1 rings (SSSR count). The highest BCUT2D eigenvalue weighted by Gasteiger charge is 2.17. The van der Waals surface area contributed by atoms with Crippen LogP contribution in [0.2, 0.25) is 0 Å². The zero-order valence-corrected chi connectivity index (χ0v) is 12.7. The maximum Gasteiger partial charge on any atom is 0.407 e. The summed E-state index contributed by atoms with van der Waals surface area (Å²) in [5.74, 6) is -0.702. The van der Waals surface area contributed by atoms with Crippen LogP contribution in [0.4, 0.5) is 4.79 Å². The molecule has 0 aliphatic carbocycles. The van der Waals surface area contributed by atoms with Crippen LogP contribution in [0.1, 0.15) is 18.9 Å². The topological polar surface area (TPSA) is 102 Å². The molecule has 7 nitrogen and oxygen atoms in total. The molecule has 0 atom stereocenters. The molecule has 0 radical (unpaired) electrons. The predicted octanol–water partition coefficient (Wildman–Crippen LogP) is 0.936. The SMILES string of the molecule is CCOC(=O)NCCC(=O)NS(=O)(=O)c1ccc(C)cc1. The molecule has 2 N–H and O–H groups in total. The average molecular weight is 314 g/mol. The molecule has 2 amide bonds. The van der Waals surface area contributed by atoms with Crippen LogP contribution in [0.25, 0.3) is 0 Å². The van der Waals surface area contributed by atoms with E-state index in [2.05, 4.69) is 10.1 Å². The number of carbonyl (C=O) groups is 2. The molecule has 0 aliphatic heterocycles. The van der Waals surface area contributed by atoms with E-state index >= 15 is 0 Å². The lowest BCUT2D eigenvalue weighted by Gasteiger charge is -2.08. The molecule has 0 bridgehead atoms. The van der Waals surface area contributed by atoms with Crippen LogP contribution >= 0.6 is 0 Å². The Bertz CT molecular complexity index is 595. The summed E-state index contributed by atoms with van der Waals surface area (Å²) >= 11 is 0. The Balaban J connectivity index is 2.50. The first-order valence-electron chi connectivity index (χ1n) is 6.38. The Morgan fingerprint density at radius 2 is 1.81 bits per heavy atom. The van der Waals surface area contributed by atoms with Crippen LogP contribution in [0.15, 0.2) is 29.2 Å². The summed E-state index contributed by atoms with van der Waals surface area (Å²) in [5.41, 5.74) is 0.916. The van der Waals surface area contributed by atoms with E-state index < -0.39 is 22.0 Å². The molecule has 0 aliphatic rings. The maximum atomic E-state index is 11.9. The largest absolute Gasteiger partial charge is 0.450 e. The van der Waals surface area contributed by atoms with Gasteiger partial charge in [0.05, 0.1) is 11.5 Å². The van der Waals surface area contributed by atoms with Gasteiger partial charge in [0.15, 0.2) is 0 Å². The molecular weight excluding hydrogens is 296 g/mol. The normalized spacial score (nSPS) is 10.8. The molecule has 0 aromatic heterocycles. The quantitative estimate of drug-likeness (QED) is 0.813. The van der Waals surface area contributed by atoms with Crippen LogP contribution < -0.4 is 10.0 Å². The van der Waals surface area contributed by atoms with E-state index in [4.69, 9.17) is 0 Å². The molecule has 0 unspecified atom stereocenters. The summed E-state index contributed by atoms with van der Waals surface area (Å²) in [6, 6.07) is 6.12. The minimum Gasteiger partial charge on any atom is -0.450 e. The van der Waals surface area contributed by atoms with Gasteiger partial charge in [-0.2, -0.15) is 0 Å². The monoisotopic (exact) mass is 314 g/mol. The fourth-order valence-electron chi connectivity index (χ4n) is 1.44. The van der Waals surface area contributed by atoms with E-state index in [1.807, 2.05) is 11.6 Å². The molecule has 116 valence electrons. The Kier molecular flexibility index (Phi) is 6.16. The van der Waals surface area contributed by atoms with E-state index in [1.165, 1.54) is 12.1 Å². The summed E-state index contributed by atoms with van der Waals surface area (Å²) in [7, 11) is -3.88. The van der Waals surface area contributed by atoms with Gasteiger partial charge >= 0.3 is 6.09 Å². The van der Waals surface area contributed by atoms with Gasteiger partial charge in [-0.25, -0.2) is 17.9 Å². The van der Waals surface area contributed by atoms with Crippen LogP contribution in [-0.2, 0) is 19.6 Å². The predicted molar refractivity (Wildman–Crippen MR) is 76.1 cm³/mol. The molecule has 0 fully saturated rings. The van der Waals surface area contributed by atoms with Gasteiger partial charge in [-0.3, -0.25) is 4.79 Å². The van der Waals surface area contributed by atoms with Crippen molar-refractivity contribution < 1.29 is 22.7 Å². The molecule has 0 saturated heterocycles. The first-order valence-corrected chi connectivity index (χ1v) is 7.86. The first kappa shape index (κ1) is 17.0. The minimum absolute atomic E-state index is 0.00587. The van der Waals surface area contributed by atoms with E-state index in [1.54, 1.807) is 19.1 Å². The number of hydrogen-bond donors (Lipinski definition) is 2. The molecule has 1 aromatic carbocycles. The molecule has 21 heavy (non-hydrogen) atoms. The van der Waals surface area contributed by atoms with Crippen molar-refractivity contribution in [1.82, 2.24) is 10.0 Å². The molecule has 1 aromatic rings.